The van der Waals surface area contributed by atoms with E-state index in [9.17, 15) is 0 Å². The monoisotopic (exact) mass is 246 g/mol. The smallest absolute Gasteiger partial charge is 0.0267 e. The Morgan fingerprint density at radius 3 is 0.882 bits per heavy atom. The van der Waals surface area contributed by atoms with Crippen molar-refractivity contribution < 1.29 is 1.37 Å². The van der Waals surface area contributed by atoms with Gasteiger partial charge in [-0.25, -0.2) is 0 Å². The second-order valence-corrected chi connectivity index (χ2v) is 4.05. The first-order chi connectivity index (χ1) is 8.81. The van der Waals surface area contributed by atoms with Crippen LogP contribution in [0.3, 0.4) is 0 Å². The van der Waals surface area contributed by atoms with Gasteiger partial charge in [0.1, 0.15) is 0 Å². The Hall–Kier alpha value is 0. The molecule has 0 aliphatic heterocycles. The first-order valence-corrected chi connectivity index (χ1v) is 8.23. The van der Waals surface area contributed by atoms with Crippen LogP contribution in [0.2, 0.25) is 0 Å². The highest BCUT2D eigenvalue weighted by Crippen LogP contribution is 2.15. The van der Waals surface area contributed by atoms with Gasteiger partial charge in [0.2, 0.25) is 0 Å². The van der Waals surface area contributed by atoms with Crippen molar-refractivity contribution in [2.45, 2.75) is 112 Å². The van der Waals surface area contributed by atoms with E-state index in [4.69, 9.17) is 1.37 Å². The van der Waals surface area contributed by atoms with Crippen molar-refractivity contribution in [3.05, 3.63) is 0 Å². The summed E-state index contributed by atoms with van der Waals surface area (Å²) in [4.78, 5) is 0. The minimum absolute atomic E-state index is 0.296. The molecule has 0 saturated heterocycles. The van der Waals surface area contributed by atoms with E-state index in [0.29, 0.717) is 6.40 Å². The van der Waals surface area contributed by atoms with Crippen LogP contribution in [-0.2, 0) is 0 Å². The summed E-state index contributed by atoms with van der Waals surface area (Å²) < 4.78 is 7.13. The maximum Gasteiger partial charge on any atom is 0.0267 e. The summed E-state index contributed by atoms with van der Waals surface area (Å²) in [5.74, 6) is 0. The van der Waals surface area contributed by atoms with Crippen molar-refractivity contribution in [1.29, 1.82) is 0 Å². The number of hydrogen-bond acceptors (Lipinski definition) is 0. The van der Waals surface area contributed by atoms with E-state index >= 15 is 0 Å². The molecule has 0 nitrogen and oxygen atoms in total. The molecule has 2 rings (SSSR count). The predicted octanol–water partition coefficient (Wildman–Crippen LogP) is 7.37. The zero-order valence-electron chi connectivity index (χ0n) is 14.6. The lowest BCUT2D eigenvalue weighted by Crippen LogP contribution is -1.47. The summed E-state index contributed by atoms with van der Waals surface area (Å²) in [6.45, 7) is 12.2. The minimum Gasteiger partial charge on any atom is -0.0683 e. The van der Waals surface area contributed by atoms with Crippen LogP contribution in [0.15, 0.2) is 0 Å². The second-order valence-electron chi connectivity index (χ2n) is 4.05. The van der Waals surface area contributed by atoms with Gasteiger partial charge in [0, 0.05) is 1.37 Å². The van der Waals surface area contributed by atoms with Crippen LogP contribution in [0.5, 0.6) is 0 Å². The summed E-state index contributed by atoms with van der Waals surface area (Å²) in [6.07, 6.45) is 14.0. The van der Waals surface area contributed by atoms with Gasteiger partial charge in [-0.05, 0) is 0 Å². The molecule has 0 aromatic carbocycles. The molecule has 17 heavy (non-hydrogen) atoms. The second kappa shape index (κ2) is 29.8. The van der Waals surface area contributed by atoms with Crippen molar-refractivity contribution in [3.63, 3.8) is 0 Å². The van der Waals surface area contributed by atoms with Crippen LogP contribution >= 0.6 is 0 Å². The van der Waals surface area contributed by atoms with Crippen LogP contribution in [0.25, 0.3) is 0 Å². The molecule has 0 amide bonds. The van der Waals surface area contributed by atoms with Crippen LogP contribution in [0.1, 0.15) is 114 Å². The van der Waals surface area contributed by atoms with Gasteiger partial charge in [-0.3, -0.25) is 0 Å². The van der Waals surface area contributed by atoms with Crippen molar-refractivity contribution >= 4 is 0 Å². The molecule has 0 radical (unpaired) electrons. The molecule has 2 aliphatic rings. The number of hydrogen-bond donors (Lipinski definition) is 0. The van der Waals surface area contributed by atoms with E-state index in [1.165, 1.54) is 51.4 Å². The van der Waals surface area contributed by atoms with Crippen LogP contribution < -0.4 is 0 Å². The Morgan fingerprint density at radius 1 is 0.588 bits per heavy atom. The topological polar surface area (TPSA) is 0 Å². The van der Waals surface area contributed by atoms with Crippen molar-refractivity contribution in [3.8, 4) is 0 Å². The quantitative estimate of drug-likeness (QED) is 0.418. The summed E-state index contributed by atoms with van der Waals surface area (Å²) in [5, 5.41) is 0. The third-order valence-electron chi connectivity index (χ3n) is 2.32. The lowest BCUT2D eigenvalue weighted by molar-refractivity contribution is 0.886. The van der Waals surface area contributed by atoms with Crippen LogP contribution in [0, 0.1) is 0 Å². The highest BCUT2D eigenvalue weighted by molar-refractivity contribution is 4.51. The van der Waals surface area contributed by atoms with Gasteiger partial charge in [-0.2, -0.15) is 0 Å². The molecule has 0 heteroatoms. The standard InChI is InChI=1S/2C5H10.C3H8.2C2H6/c2*1-2-4-5-3-1;1-3-2;2*1-2/h2*1-5H2;3H2,1-2H3;2*1-2H3/i1T;;;;. The predicted molar refractivity (Wildman–Crippen MR) is 84.8 cm³/mol. The lowest BCUT2D eigenvalue weighted by Gasteiger charge is -1.67. The van der Waals surface area contributed by atoms with Gasteiger partial charge in [0.15, 0.2) is 0 Å². The minimum atomic E-state index is 0.296. The van der Waals surface area contributed by atoms with E-state index in [0.717, 1.165) is 12.8 Å². The Kier molecular flexibility index (Phi) is 33.9. The SMILES string of the molecule is C1CCCC1.CC.CC.CCC.[3H]C1CCCC1. The molecular formula is C17H40. The first-order valence-electron chi connectivity index (χ1n) is 8.81. The van der Waals surface area contributed by atoms with Gasteiger partial charge in [0.25, 0.3) is 0 Å². The molecule has 0 bridgehead atoms. The highest BCUT2D eigenvalue weighted by atomic mass is 14.0. The maximum absolute atomic E-state index is 7.13. The van der Waals surface area contributed by atoms with Gasteiger partial charge < -0.3 is 0 Å². The normalized spacial score (nSPS) is 17.9. The average Bonchev–Trinajstić information content (AvgIpc) is 3.10. The molecule has 0 N–H and O–H groups in total. The third kappa shape index (κ3) is 31.4. The largest absolute Gasteiger partial charge is 0.0683 e. The molecule has 0 atom stereocenters. The molecule has 0 heterocycles. The maximum atomic E-state index is 7.13. The van der Waals surface area contributed by atoms with E-state index in [2.05, 4.69) is 13.8 Å². The fourth-order valence-electron chi connectivity index (χ4n) is 1.61. The van der Waals surface area contributed by atoms with Crippen LogP contribution in [0.4, 0.5) is 0 Å². The molecule has 0 unspecified atom stereocenters. The fourth-order valence-corrected chi connectivity index (χ4v) is 1.61. The molecule has 2 saturated carbocycles. The fraction of sp³-hybridized carbons (Fsp3) is 1.00. The van der Waals surface area contributed by atoms with E-state index in [1.807, 2.05) is 27.7 Å². The van der Waals surface area contributed by atoms with Crippen LogP contribution in [-0.4, -0.2) is 0 Å². The molecular weight excluding hydrogens is 204 g/mol. The summed E-state index contributed by atoms with van der Waals surface area (Å²) >= 11 is 0. The van der Waals surface area contributed by atoms with E-state index in [1.54, 1.807) is 0 Å². The Labute approximate surface area is 114 Å². The van der Waals surface area contributed by atoms with Gasteiger partial charge >= 0.3 is 0 Å². The molecule has 0 aromatic rings. The van der Waals surface area contributed by atoms with Crippen molar-refractivity contribution in [2.75, 3.05) is 0 Å². The number of rotatable bonds is 0. The summed E-state index contributed by atoms with van der Waals surface area (Å²) in [5.41, 5.74) is 0. The molecule has 108 valence electrons. The Morgan fingerprint density at radius 2 is 0.765 bits per heavy atom. The van der Waals surface area contributed by atoms with E-state index < -0.39 is 0 Å². The Bertz CT molecular complexity index is 84.2. The zero-order chi connectivity index (χ0) is 14.6. The van der Waals surface area contributed by atoms with Crippen molar-refractivity contribution in [1.82, 2.24) is 0 Å². The molecule has 0 spiro atoms. The zero-order valence-corrected chi connectivity index (χ0v) is 13.6. The van der Waals surface area contributed by atoms with Gasteiger partial charge in [-0.1, -0.05) is 112 Å². The van der Waals surface area contributed by atoms with Gasteiger partial charge in [-0.15, -0.1) is 0 Å². The van der Waals surface area contributed by atoms with Crippen molar-refractivity contribution in [2.24, 2.45) is 0 Å². The summed E-state index contributed by atoms with van der Waals surface area (Å²) in [7, 11) is 0. The Balaban J connectivity index is -0.000000171. The van der Waals surface area contributed by atoms with E-state index in [-0.39, 0.29) is 0 Å². The third-order valence-corrected chi connectivity index (χ3v) is 2.32. The lowest BCUT2D eigenvalue weighted by atomic mass is 10.4. The highest BCUT2D eigenvalue weighted by Gasteiger charge is 1.95. The molecule has 2 aliphatic carbocycles. The average molecular weight is 247 g/mol. The molecule has 0 aromatic heterocycles. The first kappa shape index (κ1) is 19.3. The summed E-state index contributed by atoms with van der Waals surface area (Å²) in [6, 6.07) is 0. The van der Waals surface area contributed by atoms with Gasteiger partial charge in [0.05, 0.1) is 0 Å². The molecule has 2 fully saturated rings.